The third-order valence-electron chi connectivity index (χ3n) is 5.38. The van der Waals surface area contributed by atoms with Crippen LogP contribution in [0.5, 0.6) is 0 Å². The van der Waals surface area contributed by atoms with E-state index in [1.54, 1.807) is 10.6 Å². The molecular formula is C23H24N4O2. The minimum atomic E-state index is -0.229. The monoisotopic (exact) mass is 388 g/mol. The van der Waals surface area contributed by atoms with Crippen molar-refractivity contribution in [1.82, 2.24) is 19.7 Å². The zero-order chi connectivity index (χ0) is 20.2. The maximum atomic E-state index is 12.5. The fraction of sp³-hybridized carbons (Fsp3) is 0.261. The van der Waals surface area contributed by atoms with Crippen molar-refractivity contribution in [2.24, 2.45) is 0 Å². The number of rotatable bonds is 4. The van der Waals surface area contributed by atoms with Crippen LogP contribution in [0.4, 0.5) is 0 Å². The van der Waals surface area contributed by atoms with Crippen LogP contribution in [0.1, 0.15) is 35.7 Å². The number of H-pyrrole nitrogens is 1. The average molecular weight is 388 g/mol. The van der Waals surface area contributed by atoms with Gasteiger partial charge >= 0.3 is 5.69 Å². The first-order chi connectivity index (χ1) is 14.1. The standard InChI is InChI=1S/C23H24N4O2/c1-17-7-10-20(11-8-17)27-22(24-25-23(27)29)19-13-15-26(16-14-19)21(28)12-9-18-5-3-2-4-6-18/h2-12,19H,13-16H2,1H3,(H,25,29). The van der Waals surface area contributed by atoms with Gasteiger partial charge in [0.15, 0.2) is 0 Å². The summed E-state index contributed by atoms with van der Waals surface area (Å²) in [7, 11) is 0. The van der Waals surface area contributed by atoms with Crippen molar-refractivity contribution < 1.29 is 4.79 Å². The Kier molecular flexibility index (Phi) is 5.42. The fourth-order valence-corrected chi connectivity index (χ4v) is 3.72. The predicted octanol–water partition coefficient (Wildman–Crippen LogP) is 3.29. The molecule has 2 heterocycles. The van der Waals surface area contributed by atoms with Gasteiger partial charge in [-0.3, -0.25) is 4.79 Å². The molecule has 1 aromatic heterocycles. The van der Waals surface area contributed by atoms with Crippen LogP contribution in [0.3, 0.4) is 0 Å². The highest BCUT2D eigenvalue weighted by molar-refractivity contribution is 5.91. The number of hydrogen-bond donors (Lipinski definition) is 1. The highest BCUT2D eigenvalue weighted by Gasteiger charge is 2.27. The molecule has 0 bridgehead atoms. The smallest absolute Gasteiger partial charge is 0.339 e. The number of aryl methyl sites for hydroxylation is 1. The van der Waals surface area contributed by atoms with Gasteiger partial charge in [-0.15, -0.1) is 0 Å². The van der Waals surface area contributed by atoms with E-state index in [1.807, 2.05) is 72.5 Å². The lowest BCUT2D eigenvalue weighted by molar-refractivity contribution is -0.127. The van der Waals surface area contributed by atoms with Crippen molar-refractivity contribution >= 4 is 12.0 Å². The Hall–Kier alpha value is -3.41. The number of benzene rings is 2. The number of carbonyl (C=O) groups is 1. The van der Waals surface area contributed by atoms with Crippen LogP contribution >= 0.6 is 0 Å². The van der Waals surface area contributed by atoms with Gasteiger partial charge in [0.1, 0.15) is 5.82 Å². The summed E-state index contributed by atoms with van der Waals surface area (Å²) in [5.41, 5.74) is 2.73. The van der Waals surface area contributed by atoms with Gasteiger partial charge in [-0.1, -0.05) is 48.0 Å². The number of likely N-dealkylation sites (tertiary alicyclic amines) is 1. The number of carbonyl (C=O) groups excluding carboxylic acids is 1. The summed E-state index contributed by atoms with van der Waals surface area (Å²) in [6, 6.07) is 17.6. The fourth-order valence-electron chi connectivity index (χ4n) is 3.72. The first kappa shape index (κ1) is 18.9. The minimum absolute atomic E-state index is 0.0188. The molecular weight excluding hydrogens is 364 g/mol. The number of aromatic nitrogens is 3. The average Bonchev–Trinajstić information content (AvgIpc) is 3.15. The predicted molar refractivity (Wildman–Crippen MR) is 113 cm³/mol. The summed E-state index contributed by atoms with van der Waals surface area (Å²) in [4.78, 5) is 26.7. The topological polar surface area (TPSA) is 71.0 Å². The van der Waals surface area contributed by atoms with E-state index in [-0.39, 0.29) is 17.5 Å². The molecule has 1 aliphatic heterocycles. The molecule has 4 rings (SSSR count). The van der Waals surface area contributed by atoms with E-state index in [2.05, 4.69) is 10.2 Å². The van der Waals surface area contributed by atoms with Crippen LogP contribution in [0.15, 0.2) is 65.5 Å². The number of aromatic amines is 1. The number of nitrogens with zero attached hydrogens (tertiary/aromatic N) is 3. The molecule has 1 N–H and O–H groups in total. The highest BCUT2D eigenvalue weighted by atomic mass is 16.2. The third-order valence-corrected chi connectivity index (χ3v) is 5.38. The summed E-state index contributed by atoms with van der Waals surface area (Å²) in [6.07, 6.45) is 5.03. The third kappa shape index (κ3) is 4.21. The van der Waals surface area contributed by atoms with Crippen molar-refractivity contribution in [2.75, 3.05) is 13.1 Å². The van der Waals surface area contributed by atoms with E-state index in [9.17, 15) is 9.59 Å². The molecule has 6 nitrogen and oxygen atoms in total. The Morgan fingerprint density at radius 3 is 2.45 bits per heavy atom. The largest absolute Gasteiger partial charge is 0.347 e. The van der Waals surface area contributed by atoms with E-state index in [4.69, 9.17) is 0 Å². The lowest BCUT2D eigenvalue weighted by Gasteiger charge is -2.30. The number of nitrogens with one attached hydrogen (secondary N) is 1. The van der Waals surface area contributed by atoms with E-state index in [0.717, 1.165) is 35.5 Å². The highest BCUT2D eigenvalue weighted by Crippen LogP contribution is 2.27. The normalized spacial score (nSPS) is 15.1. The van der Waals surface area contributed by atoms with Crippen LogP contribution in [0, 0.1) is 6.92 Å². The molecule has 0 spiro atoms. The summed E-state index contributed by atoms with van der Waals surface area (Å²) >= 11 is 0. The number of hydrogen-bond acceptors (Lipinski definition) is 3. The first-order valence-electron chi connectivity index (χ1n) is 9.88. The van der Waals surface area contributed by atoms with Gasteiger partial charge in [0.25, 0.3) is 0 Å². The first-order valence-corrected chi connectivity index (χ1v) is 9.88. The zero-order valence-electron chi connectivity index (χ0n) is 16.4. The molecule has 0 unspecified atom stereocenters. The van der Waals surface area contributed by atoms with Crippen LogP contribution in [-0.4, -0.2) is 38.7 Å². The summed E-state index contributed by atoms with van der Waals surface area (Å²) in [6.45, 7) is 3.32. The van der Waals surface area contributed by atoms with Crippen molar-refractivity contribution in [3.8, 4) is 5.69 Å². The molecule has 0 atom stereocenters. The van der Waals surface area contributed by atoms with E-state index >= 15 is 0 Å². The molecule has 1 fully saturated rings. The molecule has 0 radical (unpaired) electrons. The van der Waals surface area contributed by atoms with Crippen LogP contribution in [-0.2, 0) is 4.79 Å². The lowest BCUT2D eigenvalue weighted by atomic mass is 9.95. The van der Waals surface area contributed by atoms with E-state index < -0.39 is 0 Å². The van der Waals surface area contributed by atoms with Gasteiger partial charge in [0.05, 0.1) is 5.69 Å². The lowest BCUT2D eigenvalue weighted by Crippen LogP contribution is -2.37. The van der Waals surface area contributed by atoms with E-state index in [1.165, 1.54) is 0 Å². The quantitative estimate of drug-likeness (QED) is 0.697. The Morgan fingerprint density at radius 2 is 1.76 bits per heavy atom. The number of amides is 1. The van der Waals surface area contributed by atoms with Crippen molar-refractivity contribution in [3.05, 3.63) is 88.1 Å². The Balaban J connectivity index is 1.44. The Morgan fingerprint density at radius 1 is 1.07 bits per heavy atom. The zero-order valence-corrected chi connectivity index (χ0v) is 16.4. The molecule has 6 heteroatoms. The summed E-state index contributed by atoms with van der Waals surface area (Å²) in [5, 5.41) is 6.88. The van der Waals surface area contributed by atoms with Crippen LogP contribution < -0.4 is 5.69 Å². The minimum Gasteiger partial charge on any atom is -0.339 e. The molecule has 1 aliphatic rings. The van der Waals surface area contributed by atoms with Crippen molar-refractivity contribution in [1.29, 1.82) is 0 Å². The van der Waals surface area contributed by atoms with Crippen molar-refractivity contribution in [3.63, 3.8) is 0 Å². The van der Waals surface area contributed by atoms with Gasteiger partial charge in [-0.2, -0.15) is 5.10 Å². The number of piperidine rings is 1. The molecule has 29 heavy (non-hydrogen) atoms. The molecule has 1 amide bonds. The molecule has 0 aliphatic carbocycles. The molecule has 1 saturated heterocycles. The second-order valence-electron chi connectivity index (χ2n) is 7.40. The summed E-state index contributed by atoms with van der Waals surface area (Å²) in [5.74, 6) is 0.897. The molecule has 2 aromatic carbocycles. The SMILES string of the molecule is Cc1ccc(-n2c(C3CCN(C(=O)C=Cc4ccccc4)CC3)n[nH]c2=O)cc1. The molecule has 148 valence electrons. The van der Waals surface area contributed by atoms with Crippen LogP contribution in [0.25, 0.3) is 11.8 Å². The van der Waals surface area contributed by atoms with E-state index in [0.29, 0.717) is 13.1 Å². The van der Waals surface area contributed by atoms with Crippen molar-refractivity contribution in [2.45, 2.75) is 25.7 Å². The molecule has 0 saturated carbocycles. The second-order valence-corrected chi connectivity index (χ2v) is 7.40. The second kappa shape index (κ2) is 8.31. The van der Waals surface area contributed by atoms with Crippen LogP contribution in [0.2, 0.25) is 0 Å². The maximum absolute atomic E-state index is 12.5. The van der Waals surface area contributed by atoms with Gasteiger partial charge in [0, 0.05) is 25.1 Å². The Labute approximate surface area is 169 Å². The van der Waals surface area contributed by atoms with Gasteiger partial charge < -0.3 is 4.90 Å². The summed E-state index contributed by atoms with van der Waals surface area (Å²) < 4.78 is 1.65. The van der Waals surface area contributed by atoms with Gasteiger partial charge in [0.2, 0.25) is 5.91 Å². The maximum Gasteiger partial charge on any atom is 0.347 e. The van der Waals surface area contributed by atoms with Gasteiger partial charge in [-0.05, 0) is 43.5 Å². The van der Waals surface area contributed by atoms with Gasteiger partial charge in [-0.25, -0.2) is 14.5 Å². The molecule has 3 aromatic rings. The Bertz CT molecular complexity index is 1060.